The number of rotatable bonds is 7. The van der Waals surface area contributed by atoms with E-state index in [2.05, 4.69) is 0 Å². The van der Waals surface area contributed by atoms with Crippen LogP contribution in [0.5, 0.6) is 11.5 Å². The normalized spacial score (nSPS) is 14.5. The summed E-state index contributed by atoms with van der Waals surface area (Å²) in [5.41, 5.74) is 5.52. The van der Waals surface area contributed by atoms with Crippen LogP contribution in [0.25, 0.3) is 23.0 Å². The van der Waals surface area contributed by atoms with Gasteiger partial charge in [0.1, 0.15) is 21.5 Å². The molecule has 4 aromatic rings. The van der Waals surface area contributed by atoms with Crippen molar-refractivity contribution < 1.29 is 14.3 Å². The number of benzene rings is 3. The van der Waals surface area contributed by atoms with Crippen molar-refractivity contribution in [3.8, 4) is 28.4 Å². The number of nitrogens with zero attached hydrogens (tertiary/aromatic N) is 3. The maximum atomic E-state index is 13.4. The fourth-order valence-electron chi connectivity index (χ4n) is 4.14. The van der Waals surface area contributed by atoms with Crippen molar-refractivity contribution in [2.45, 2.75) is 13.5 Å². The van der Waals surface area contributed by atoms with E-state index in [0.29, 0.717) is 15.8 Å². The predicted molar refractivity (Wildman–Crippen MR) is 152 cm³/mol. The number of carbonyl (C=O) groups excluding carboxylic acids is 1. The van der Waals surface area contributed by atoms with Crippen molar-refractivity contribution in [3.05, 3.63) is 101 Å². The lowest BCUT2D eigenvalue weighted by Crippen LogP contribution is -2.27. The van der Waals surface area contributed by atoms with Crippen molar-refractivity contribution >= 4 is 40.3 Å². The standard InChI is InChI=1S/C29H25N3O3S2/c1-19-15-24(35-3)13-14-25(19)27-21(18-32(30-27)22-7-5-4-6-8-22)16-26-28(33)31(29(36)37-26)17-20-9-11-23(34-2)12-10-20/h4-16,18H,17H2,1-3H3. The van der Waals surface area contributed by atoms with Crippen LogP contribution in [0.3, 0.4) is 0 Å². The van der Waals surface area contributed by atoms with Crippen molar-refractivity contribution in [2.75, 3.05) is 14.2 Å². The molecule has 0 N–H and O–H groups in total. The Morgan fingerprint density at radius 1 is 0.973 bits per heavy atom. The lowest BCUT2D eigenvalue weighted by Gasteiger charge is -2.14. The molecule has 3 aromatic carbocycles. The first-order valence-electron chi connectivity index (χ1n) is 11.6. The summed E-state index contributed by atoms with van der Waals surface area (Å²) in [6.07, 6.45) is 3.84. The third-order valence-electron chi connectivity index (χ3n) is 6.11. The van der Waals surface area contributed by atoms with E-state index in [4.69, 9.17) is 26.8 Å². The van der Waals surface area contributed by atoms with Gasteiger partial charge in [0.25, 0.3) is 5.91 Å². The van der Waals surface area contributed by atoms with Gasteiger partial charge in [-0.15, -0.1) is 0 Å². The van der Waals surface area contributed by atoms with E-state index in [9.17, 15) is 4.79 Å². The van der Waals surface area contributed by atoms with Crippen molar-refractivity contribution in [1.82, 2.24) is 14.7 Å². The summed E-state index contributed by atoms with van der Waals surface area (Å²) >= 11 is 6.89. The minimum atomic E-state index is -0.115. The number of aromatic nitrogens is 2. The quantitative estimate of drug-likeness (QED) is 0.209. The number of hydrogen-bond donors (Lipinski definition) is 0. The van der Waals surface area contributed by atoms with Crippen LogP contribution < -0.4 is 9.47 Å². The summed E-state index contributed by atoms with van der Waals surface area (Å²) in [6.45, 7) is 2.43. The number of aryl methyl sites for hydroxylation is 1. The Kier molecular flexibility index (Phi) is 7.12. The molecule has 0 radical (unpaired) electrons. The molecule has 37 heavy (non-hydrogen) atoms. The van der Waals surface area contributed by atoms with Gasteiger partial charge in [-0.25, -0.2) is 4.68 Å². The molecule has 1 aliphatic rings. The number of ether oxygens (including phenoxy) is 2. The summed E-state index contributed by atoms with van der Waals surface area (Å²) in [7, 11) is 3.28. The van der Waals surface area contributed by atoms with Gasteiger partial charge < -0.3 is 9.47 Å². The Labute approximate surface area is 225 Å². The zero-order chi connectivity index (χ0) is 25.9. The van der Waals surface area contributed by atoms with E-state index in [1.807, 2.05) is 96.7 Å². The van der Waals surface area contributed by atoms with Crippen LogP contribution in [-0.4, -0.2) is 39.1 Å². The Bertz CT molecular complexity index is 1490. The molecule has 1 aliphatic heterocycles. The smallest absolute Gasteiger partial charge is 0.266 e. The summed E-state index contributed by atoms with van der Waals surface area (Å²) in [6, 6.07) is 23.4. The number of methoxy groups -OCH3 is 2. The van der Waals surface area contributed by atoms with E-state index < -0.39 is 0 Å². The van der Waals surface area contributed by atoms with Crippen LogP contribution in [-0.2, 0) is 11.3 Å². The minimum absolute atomic E-state index is 0.115. The summed E-state index contributed by atoms with van der Waals surface area (Å²) in [4.78, 5) is 15.6. The second-order valence-electron chi connectivity index (χ2n) is 8.51. The average Bonchev–Trinajstić information content (AvgIpc) is 3.45. The molecule has 2 heterocycles. The molecular formula is C29H25N3O3S2. The monoisotopic (exact) mass is 527 g/mol. The predicted octanol–water partition coefficient (Wildman–Crippen LogP) is 6.27. The van der Waals surface area contributed by atoms with Gasteiger partial charge in [-0.1, -0.05) is 54.3 Å². The molecule has 1 fully saturated rings. The highest BCUT2D eigenvalue weighted by Gasteiger charge is 2.32. The molecular weight excluding hydrogens is 502 g/mol. The number of hydrogen-bond acceptors (Lipinski definition) is 6. The first-order valence-corrected chi connectivity index (χ1v) is 12.9. The van der Waals surface area contributed by atoms with Crippen LogP contribution in [0.15, 0.2) is 83.9 Å². The molecule has 0 saturated carbocycles. The van der Waals surface area contributed by atoms with Crippen LogP contribution >= 0.6 is 24.0 Å². The van der Waals surface area contributed by atoms with Crippen molar-refractivity contribution in [2.24, 2.45) is 0 Å². The van der Waals surface area contributed by atoms with Crippen LogP contribution in [0.4, 0.5) is 0 Å². The highest BCUT2D eigenvalue weighted by Crippen LogP contribution is 2.36. The second-order valence-corrected chi connectivity index (χ2v) is 10.2. The largest absolute Gasteiger partial charge is 0.497 e. The Morgan fingerprint density at radius 3 is 2.35 bits per heavy atom. The zero-order valence-electron chi connectivity index (χ0n) is 20.7. The average molecular weight is 528 g/mol. The first-order chi connectivity index (χ1) is 18.0. The third-order valence-corrected chi connectivity index (χ3v) is 7.49. The molecule has 6 nitrogen and oxygen atoms in total. The van der Waals surface area contributed by atoms with Gasteiger partial charge in [0.2, 0.25) is 0 Å². The van der Waals surface area contributed by atoms with Gasteiger partial charge >= 0.3 is 0 Å². The number of thioether (sulfide) groups is 1. The molecule has 0 aliphatic carbocycles. The second kappa shape index (κ2) is 10.6. The maximum Gasteiger partial charge on any atom is 0.266 e. The zero-order valence-corrected chi connectivity index (χ0v) is 22.3. The SMILES string of the molecule is COc1ccc(CN2C(=O)C(=Cc3cn(-c4ccccc4)nc3-c3ccc(OC)cc3C)SC2=S)cc1. The van der Waals surface area contributed by atoms with Crippen LogP contribution in [0.1, 0.15) is 16.7 Å². The Hall–Kier alpha value is -3.88. The van der Waals surface area contributed by atoms with Gasteiger partial charge in [0, 0.05) is 17.3 Å². The van der Waals surface area contributed by atoms with Crippen molar-refractivity contribution in [1.29, 1.82) is 0 Å². The molecule has 1 amide bonds. The van der Waals surface area contributed by atoms with Gasteiger partial charge in [0.05, 0.1) is 31.4 Å². The number of para-hydroxylation sites is 1. The van der Waals surface area contributed by atoms with Gasteiger partial charge in [-0.2, -0.15) is 5.10 Å². The minimum Gasteiger partial charge on any atom is -0.497 e. The molecule has 1 saturated heterocycles. The Balaban J connectivity index is 1.51. The molecule has 1 aromatic heterocycles. The number of carbonyl (C=O) groups is 1. The molecule has 8 heteroatoms. The van der Waals surface area contributed by atoms with Gasteiger partial charge in [-0.3, -0.25) is 9.69 Å². The lowest BCUT2D eigenvalue weighted by atomic mass is 10.0. The molecule has 0 bridgehead atoms. The molecule has 0 atom stereocenters. The fraction of sp³-hybridized carbons (Fsp3) is 0.138. The van der Waals surface area contributed by atoms with E-state index in [1.165, 1.54) is 11.8 Å². The van der Waals surface area contributed by atoms with E-state index in [0.717, 1.165) is 45.1 Å². The summed E-state index contributed by atoms with van der Waals surface area (Å²) in [5, 5.41) is 4.91. The van der Waals surface area contributed by atoms with Crippen molar-refractivity contribution in [3.63, 3.8) is 0 Å². The van der Waals surface area contributed by atoms with E-state index in [-0.39, 0.29) is 5.91 Å². The van der Waals surface area contributed by atoms with Crippen LogP contribution in [0.2, 0.25) is 0 Å². The third kappa shape index (κ3) is 5.16. The lowest BCUT2D eigenvalue weighted by molar-refractivity contribution is -0.122. The molecule has 186 valence electrons. The first kappa shape index (κ1) is 24.8. The summed E-state index contributed by atoms with van der Waals surface area (Å²) < 4.78 is 13.0. The van der Waals surface area contributed by atoms with E-state index in [1.54, 1.807) is 19.1 Å². The fourth-order valence-corrected chi connectivity index (χ4v) is 5.38. The summed E-state index contributed by atoms with van der Waals surface area (Å²) in [5.74, 6) is 1.44. The van der Waals surface area contributed by atoms with Crippen LogP contribution in [0, 0.1) is 6.92 Å². The highest BCUT2D eigenvalue weighted by molar-refractivity contribution is 8.26. The van der Waals surface area contributed by atoms with Gasteiger partial charge in [0.15, 0.2) is 0 Å². The molecule has 0 unspecified atom stereocenters. The highest BCUT2D eigenvalue weighted by atomic mass is 32.2. The number of amides is 1. The van der Waals surface area contributed by atoms with E-state index >= 15 is 0 Å². The number of thiocarbonyl (C=S) groups is 1. The Morgan fingerprint density at radius 2 is 1.68 bits per heavy atom. The maximum absolute atomic E-state index is 13.4. The van der Waals surface area contributed by atoms with Gasteiger partial charge in [-0.05, 0) is 66.6 Å². The molecule has 5 rings (SSSR count). The topological polar surface area (TPSA) is 56.6 Å². The molecule has 0 spiro atoms.